The Morgan fingerprint density at radius 2 is 0.957 bits per heavy atom. The van der Waals surface area contributed by atoms with Crippen LogP contribution in [-0.4, -0.2) is 143 Å². The average molecular weight is 954 g/mol. The Labute approximate surface area is 407 Å². The lowest BCUT2D eigenvalue weighted by molar-refractivity contribution is -0.148. The Hall–Kier alpha value is -5.84. The molecule has 69 heavy (non-hydrogen) atoms. The Kier molecular flexibility index (Phi) is 18.4. The molecule has 0 aromatic heterocycles. The van der Waals surface area contributed by atoms with E-state index in [1.165, 1.54) is 4.90 Å². The molecule has 6 N–H and O–H groups in total. The van der Waals surface area contributed by atoms with Gasteiger partial charge in [0.25, 0.3) is 0 Å². The van der Waals surface area contributed by atoms with Crippen LogP contribution < -0.4 is 31.9 Å². The minimum Gasteiger partial charge on any atom is -0.350 e. The van der Waals surface area contributed by atoms with Crippen LogP contribution in [0.1, 0.15) is 104 Å². The van der Waals surface area contributed by atoms with E-state index in [1.807, 2.05) is 114 Å². The Bertz CT molecular complexity index is 2140. The van der Waals surface area contributed by atoms with Crippen LogP contribution in [0.4, 0.5) is 0 Å². The highest BCUT2D eigenvalue weighted by Gasteiger charge is 2.47. The van der Waals surface area contributed by atoms with E-state index >= 15 is 0 Å². The molecule has 4 aliphatic rings. The molecule has 4 aliphatic heterocycles. The molecule has 10 atom stereocenters. The van der Waals surface area contributed by atoms with E-state index in [1.54, 1.807) is 4.90 Å². The number of carbonyl (C=O) groups excluding carboxylic acids is 8. The summed E-state index contributed by atoms with van der Waals surface area (Å²) in [5.41, 5.74) is 1.49. The fraction of sp³-hybridized carbons (Fsp3) is 0.615. The number of amides is 8. The summed E-state index contributed by atoms with van der Waals surface area (Å²) in [6.07, 6.45) is 3.41. The summed E-state index contributed by atoms with van der Waals surface area (Å²) in [4.78, 5) is 121. The van der Waals surface area contributed by atoms with E-state index in [4.69, 9.17) is 0 Å². The van der Waals surface area contributed by atoms with Gasteiger partial charge in [-0.1, -0.05) is 109 Å². The number of benzene rings is 2. The summed E-state index contributed by atoms with van der Waals surface area (Å²) in [5, 5.41) is 17.7. The van der Waals surface area contributed by atoms with Crippen LogP contribution in [0.5, 0.6) is 0 Å². The van der Waals surface area contributed by atoms with Gasteiger partial charge in [0, 0.05) is 38.5 Å². The van der Waals surface area contributed by atoms with Crippen LogP contribution in [0.2, 0.25) is 0 Å². The first-order valence-electron chi connectivity index (χ1n) is 25.1. The van der Waals surface area contributed by atoms with E-state index in [-0.39, 0.29) is 42.9 Å². The third kappa shape index (κ3) is 13.7. The molecule has 0 aliphatic carbocycles. The molecule has 6 rings (SSSR count). The maximum absolute atomic E-state index is 14.6. The van der Waals surface area contributed by atoms with Crippen molar-refractivity contribution in [2.45, 2.75) is 160 Å². The minimum absolute atomic E-state index is 0.00830. The van der Waals surface area contributed by atoms with Crippen molar-refractivity contribution in [3.8, 4) is 0 Å². The van der Waals surface area contributed by atoms with Gasteiger partial charge in [0.1, 0.15) is 42.3 Å². The predicted molar refractivity (Wildman–Crippen MR) is 261 cm³/mol. The van der Waals surface area contributed by atoms with Crippen LogP contribution in [0.3, 0.4) is 0 Å². The van der Waals surface area contributed by atoms with Crippen molar-refractivity contribution in [2.75, 3.05) is 26.7 Å². The molecule has 2 aromatic carbocycles. The maximum Gasteiger partial charge on any atom is 0.246 e. The van der Waals surface area contributed by atoms with Gasteiger partial charge in [-0.2, -0.15) is 0 Å². The number of hydrogen-bond acceptors (Lipinski definition) is 9. The van der Waals surface area contributed by atoms with Gasteiger partial charge in [0.05, 0.1) is 6.04 Å². The average Bonchev–Trinajstić information content (AvgIpc) is 4.10. The first-order valence-corrected chi connectivity index (χ1v) is 25.1. The zero-order valence-electron chi connectivity index (χ0n) is 41.5. The lowest BCUT2D eigenvalue weighted by atomic mass is 9.95. The normalized spacial score (nSPS) is 28.9. The highest BCUT2D eigenvalue weighted by atomic mass is 16.2. The Morgan fingerprint density at radius 3 is 1.49 bits per heavy atom. The number of carbonyl (C=O) groups is 8. The number of hydrogen-bond donors (Lipinski definition) is 6. The third-order valence-electron chi connectivity index (χ3n) is 14.1. The molecular weight excluding hydrogens is 879 g/mol. The topological polar surface area (TPSA) is 218 Å². The molecule has 0 saturated carbocycles. The predicted octanol–water partition coefficient (Wildman–Crippen LogP) is 2.22. The molecule has 17 nitrogen and oxygen atoms in total. The zero-order chi connectivity index (χ0) is 49.9. The van der Waals surface area contributed by atoms with Crippen LogP contribution in [0, 0.1) is 17.8 Å². The summed E-state index contributed by atoms with van der Waals surface area (Å²) < 4.78 is 0. The molecule has 8 amide bonds. The van der Waals surface area contributed by atoms with Crippen molar-refractivity contribution in [2.24, 2.45) is 17.8 Å². The molecule has 4 saturated heterocycles. The second-order valence-corrected chi connectivity index (χ2v) is 20.5. The van der Waals surface area contributed by atoms with Crippen LogP contribution >= 0.6 is 0 Å². The van der Waals surface area contributed by atoms with Crippen LogP contribution in [0.25, 0.3) is 0 Å². The highest BCUT2D eigenvalue weighted by molar-refractivity contribution is 5.98. The number of nitrogens with one attached hydrogen (secondary N) is 6. The second-order valence-electron chi connectivity index (χ2n) is 20.5. The van der Waals surface area contributed by atoms with Gasteiger partial charge < -0.3 is 41.7 Å². The lowest BCUT2D eigenvalue weighted by Gasteiger charge is -2.33. The van der Waals surface area contributed by atoms with Crippen molar-refractivity contribution in [1.29, 1.82) is 0 Å². The number of nitrogens with zero attached hydrogens (tertiary/aromatic N) is 3. The first-order chi connectivity index (χ1) is 32.9. The van der Waals surface area contributed by atoms with Gasteiger partial charge in [0.2, 0.25) is 47.3 Å². The van der Waals surface area contributed by atoms with Crippen LogP contribution in [0.15, 0.2) is 60.7 Å². The summed E-state index contributed by atoms with van der Waals surface area (Å²) in [5.74, 6) is -4.33. The maximum atomic E-state index is 14.6. The molecule has 376 valence electrons. The SMILES string of the molecule is CCC(C)C1NC(=O)C(Cc2ccccc2)NC(=O)C(Cc2ccccc2)NC(=O)C2CCCN2C(=O)C2CCCN2C(=O)C2CC(CN2C)NC(=O)C(CC(C)C)NC(=O)C(CC(C)C)NC1=O. The second kappa shape index (κ2) is 24.1. The van der Waals surface area contributed by atoms with Gasteiger partial charge >= 0.3 is 0 Å². The van der Waals surface area contributed by atoms with E-state index in [2.05, 4.69) is 31.9 Å². The molecule has 0 spiro atoms. The van der Waals surface area contributed by atoms with Crippen LogP contribution in [-0.2, 0) is 51.2 Å². The Balaban J connectivity index is 1.37. The molecular formula is C52H75N9O8. The quantitative estimate of drug-likeness (QED) is 0.206. The van der Waals surface area contributed by atoms with E-state index in [9.17, 15) is 38.4 Å². The highest BCUT2D eigenvalue weighted by Crippen LogP contribution is 2.29. The lowest BCUT2D eigenvalue weighted by Crippen LogP contribution is -2.61. The molecule has 17 heteroatoms. The molecule has 0 radical (unpaired) electrons. The zero-order valence-corrected chi connectivity index (χ0v) is 41.5. The van der Waals surface area contributed by atoms with Gasteiger partial charge in [-0.05, 0) is 80.9 Å². The first kappa shape index (κ1) is 52.5. The van der Waals surface area contributed by atoms with E-state index < -0.39 is 95.7 Å². The standard InChI is InChI=1S/C52H75N9O8/c1-8-33(6)44-50(67)57-38(26-32(4)5)46(63)54-37(25-31(2)3)45(62)53-36-29-43(59(7)30-36)52(69)61-24-16-22-42(61)51(68)60-23-15-21-41(60)49(66)56-39(27-34-17-11-9-12-18-34)47(64)55-40(48(65)58-44)28-35-19-13-10-14-20-35/h9-14,17-20,31-33,36-44H,8,15-16,21-30H2,1-7H3,(H,53,62)(H,54,63)(H,55,64)(H,56,66)(H,57,67)(H,58,65). The van der Waals surface area contributed by atoms with Gasteiger partial charge in [-0.25, -0.2) is 0 Å². The third-order valence-corrected chi connectivity index (χ3v) is 14.1. The summed E-state index contributed by atoms with van der Waals surface area (Å²) in [6, 6.07) is 10.1. The van der Waals surface area contributed by atoms with Gasteiger partial charge in [-0.15, -0.1) is 0 Å². The smallest absolute Gasteiger partial charge is 0.246 e. The number of likely N-dealkylation sites (N-methyl/N-ethyl adjacent to an activating group) is 1. The molecule has 2 bridgehead atoms. The molecule has 4 fully saturated rings. The van der Waals surface area contributed by atoms with Crippen molar-refractivity contribution in [1.82, 2.24) is 46.6 Å². The Morgan fingerprint density at radius 1 is 0.522 bits per heavy atom. The van der Waals surface area contributed by atoms with Crippen molar-refractivity contribution in [3.63, 3.8) is 0 Å². The number of rotatable bonds is 10. The van der Waals surface area contributed by atoms with Crippen molar-refractivity contribution < 1.29 is 38.4 Å². The monoisotopic (exact) mass is 954 g/mol. The van der Waals surface area contributed by atoms with Gasteiger partial charge in [-0.3, -0.25) is 43.3 Å². The van der Waals surface area contributed by atoms with Crippen molar-refractivity contribution >= 4 is 47.3 Å². The molecule has 2 aromatic rings. The fourth-order valence-electron chi connectivity index (χ4n) is 10.2. The number of likely N-dealkylation sites (tertiary alicyclic amines) is 1. The fourth-order valence-corrected chi connectivity index (χ4v) is 10.2. The van der Waals surface area contributed by atoms with Gasteiger partial charge in [0.15, 0.2) is 0 Å². The van der Waals surface area contributed by atoms with Crippen molar-refractivity contribution in [3.05, 3.63) is 71.8 Å². The summed E-state index contributed by atoms with van der Waals surface area (Å²) in [6.45, 7) is 12.5. The number of fused-ring (bicyclic) bond motifs is 4. The molecule has 4 heterocycles. The summed E-state index contributed by atoms with van der Waals surface area (Å²) in [7, 11) is 1.81. The van der Waals surface area contributed by atoms with E-state index in [0.29, 0.717) is 64.6 Å². The minimum atomic E-state index is -1.21. The molecule has 10 unspecified atom stereocenters. The van der Waals surface area contributed by atoms with E-state index in [0.717, 1.165) is 11.1 Å². The largest absolute Gasteiger partial charge is 0.350 e. The summed E-state index contributed by atoms with van der Waals surface area (Å²) >= 11 is 0.